The van der Waals surface area contributed by atoms with Crippen LogP contribution in [0.5, 0.6) is 0 Å². The minimum Gasteiger partial charge on any atom is -0.350 e. The highest BCUT2D eigenvalue weighted by molar-refractivity contribution is 5.26. The molecule has 0 radical (unpaired) electrons. The second kappa shape index (κ2) is 3.30. The van der Waals surface area contributed by atoms with E-state index < -0.39 is 0 Å². The van der Waals surface area contributed by atoms with Gasteiger partial charge >= 0.3 is 0 Å². The quantitative estimate of drug-likeness (QED) is 0.727. The van der Waals surface area contributed by atoms with Crippen LogP contribution in [-0.2, 0) is 13.6 Å². The number of H-pyrrole nitrogens is 1. The predicted octanol–water partition coefficient (Wildman–Crippen LogP) is 0.755. The van der Waals surface area contributed by atoms with Crippen LogP contribution in [0.25, 0.3) is 0 Å². The Kier molecular flexibility index (Phi) is 1.99. The molecule has 0 spiro atoms. The Hall–Kier alpha value is -1.78. The van der Waals surface area contributed by atoms with E-state index in [1.165, 1.54) is 0 Å². The molecule has 0 saturated heterocycles. The molecule has 0 aromatic carbocycles. The van der Waals surface area contributed by atoms with E-state index in [9.17, 15) is 0 Å². The zero-order chi connectivity index (χ0) is 9.10. The van der Waals surface area contributed by atoms with E-state index in [4.69, 9.17) is 0 Å². The van der Waals surface area contributed by atoms with Crippen LogP contribution in [0.2, 0.25) is 0 Å². The molecule has 0 atom stereocenters. The van der Waals surface area contributed by atoms with Gasteiger partial charge in [-0.3, -0.25) is 5.10 Å². The van der Waals surface area contributed by atoms with Gasteiger partial charge in [0.25, 0.3) is 0 Å². The number of aromatic amines is 1. The minimum atomic E-state index is 0.713. The van der Waals surface area contributed by atoms with Crippen molar-refractivity contribution in [3.63, 3.8) is 0 Å². The Bertz CT molecular complexity index is 362. The molecule has 5 heteroatoms. The van der Waals surface area contributed by atoms with Crippen LogP contribution < -0.4 is 5.32 Å². The largest absolute Gasteiger partial charge is 0.350 e. The molecule has 0 aliphatic carbocycles. The first-order chi connectivity index (χ1) is 6.36. The molecule has 0 saturated carbocycles. The van der Waals surface area contributed by atoms with Crippen LogP contribution >= 0.6 is 0 Å². The van der Waals surface area contributed by atoms with E-state index in [2.05, 4.69) is 20.5 Å². The van der Waals surface area contributed by atoms with Gasteiger partial charge in [0.2, 0.25) is 5.95 Å². The molecule has 2 N–H and O–H groups in total. The summed E-state index contributed by atoms with van der Waals surface area (Å²) in [6.45, 7) is 0.713. The maximum Gasteiger partial charge on any atom is 0.202 e. The lowest BCUT2D eigenvalue weighted by molar-refractivity contribution is 0.887. The molecule has 68 valence electrons. The SMILES string of the molecule is Cn1ccnc1NCc1ccn[nH]1. The van der Waals surface area contributed by atoms with Crippen molar-refractivity contribution in [3.8, 4) is 0 Å². The normalized spacial score (nSPS) is 10.2. The third-order valence-corrected chi connectivity index (χ3v) is 1.82. The van der Waals surface area contributed by atoms with Crippen LogP contribution in [-0.4, -0.2) is 19.7 Å². The predicted molar refractivity (Wildman–Crippen MR) is 49.1 cm³/mol. The molecule has 2 aromatic rings. The summed E-state index contributed by atoms with van der Waals surface area (Å²) in [5, 5.41) is 9.90. The smallest absolute Gasteiger partial charge is 0.202 e. The van der Waals surface area contributed by atoms with Crippen molar-refractivity contribution in [3.05, 3.63) is 30.4 Å². The van der Waals surface area contributed by atoms with Crippen molar-refractivity contribution in [1.82, 2.24) is 19.7 Å². The number of nitrogens with zero attached hydrogens (tertiary/aromatic N) is 3. The van der Waals surface area contributed by atoms with Gasteiger partial charge < -0.3 is 9.88 Å². The van der Waals surface area contributed by atoms with Gasteiger partial charge in [0.15, 0.2) is 0 Å². The number of hydrogen-bond donors (Lipinski definition) is 2. The van der Waals surface area contributed by atoms with Gasteiger partial charge in [0, 0.05) is 25.6 Å². The highest BCUT2D eigenvalue weighted by atomic mass is 15.2. The lowest BCUT2D eigenvalue weighted by Gasteiger charge is -2.03. The van der Waals surface area contributed by atoms with Crippen molar-refractivity contribution in [2.24, 2.45) is 7.05 Å². The fraction of sp³-hybridized carbons (Fsp3) is 0.250. The van der Waals surface area contributed by atoms with Crippen molar-refractivity contribution in [2.45, 2.75) is 6.54 Å². The zero-order valence-corrected chi connectivity index (χ0v) is 7.36. The van der Waals surface area contributed by atoms with Crippen LogP contribution in [0, 0.1) is 0 Å². The van der Waals surface area contributed by atoms with Gasteiger partial charge in [-0.2, -0.15) is 5.10 Å². The molecular weight excluding hydrogens is 166 g/mol. The summed E-state index contributed by atoms with van der Waals surface area (Å²) in [6, 6.07) is 1.93. The summed E-state index contributed by atoms with van der Waals surface area (Å²) >= 11 is 0. The third kappa shape index (κ3) is 1.69. The van der Waals surface area contributed by atoms with E-state index in [0.29, 0.717) is 6.54 Å². The van der Waals surface area contributed by atoms with Crippen molar-refractivity contribution in [2.75, 3.05) is 5.32 Å². The monoisotopic (exact) mass is 177 g/mol. The van der Waals surface area contributed by atoms with Gasteiger partial charge in [-0.1, -0.05) is 0 Å². The standard InChI is InChI=1S/C8H11N5/c1-13-5-4-9-8(13)10-6-7-2-3-11-12-7/h2-5H,6H2,1H3,(H,9,10)(H,11,12). The number of anilines is 1. The highest BCUT2D eigenvalue weighted by Crippen LogP contribution is 2.02. The summed E-state index contributed by atoms with van der Waals surface area (Å²) in [5.74, 6) is 0.856. The lowest BCUT2D eigenvalue weighted by Crippen LogP contribution is -2.04. The fourth-order valence-corrected chi connectivity index (χ4v) is 1.09. The fourth-order valence-electron chi connectivity index (χ4n) is 1.09. The number of aryl methyl sites for hydroxylation is 1. The Morgan fingerprint density at radius 1 is 1.54 bits per heavy atom. The highest BCUT2D eigenvalue weighted by Gasteiger charge is 1.97. The van der Waals surface area contributed by atoms with E-state index in [1.807, 2.05) is 23.9 Å². The average molecular weight is 177 g/mol. The first-order valence-electron chi connectivity index (χ1n) is 4.06. The first-order valence-corrected chi connectivity index (χ1v) is 4.06. The van der Waals surface area contributed by atoms with Gasteiger partial charge in [0.1, 0.15) is 0 Å². The molecule has 0 amide bonds. The zero-order valence-electron chi connectivity index (χ0n) is 7.36. The molecule has 13 heavy (non-hydrogen) atoms. The second-order valence-corrected chi connectivity index (χ2v) is 2.80. The van der Waals surface area contributed by atoms with Gasteiger partial charge in [-0.05, 0) is 6.07 Å². The second-order valence-electron chi connectivity index (χ2n) is 2.80. The van der Waals surface area contributed by atoms with Crippen LogP contribution in [0.3, 0.4) is 0 Å². The number of imidazole rings is 1. The molecule has 2 heterocycles. The summed E-state index contributed by atoms with van der Waals surface area (Å²) in [4.78, 5) is 4.13. The Labute approximate surface area is 75.8 Å². The van der Waals surface area contributed by atoms with Crippen molar-refractivity contribution in [1.29, 1.82) is 0 Å². The van der Waals surface area contributed by atoms with Crippen LogP contribution in [0.4, 0.5) is 5.95 Å². The first kappa shape index (κ1) is 7.85. The summed E-state index contributed by atoms with van der Waals surface area (Å²) in [6.07, 6.45) is 5.39. The molecule has 0 aliphatic rings. The summed E-state index contributed by atoms with van der Waals surface area (Å²) in [5.41, 5.74) is 1.04. The van der Waals surface area contributed by atoms with E-state index in [0.717, 1.165) is 11.6 Å². The number of hydrogen-bond acceptors (Lipinski definition) is 3. The summed E-state index contributed by atoms with van der Waals surface area (Å²) < 4.78 is 1.93. The number of nitrogens with one attached hydrogen (secondary N) is 2. The Morgan fingerprint density at radius 2 is 2.46 bits per heavy atom. The molecule has 0 aliphatic heterocycles. The van der Waals surface area contributed by atoms with Gasteiger partial charge in [0.05, 0.1) is 12.2 Å². The number of aromatic nitrogens is 4. The molecule has 0 bridgehead atoms. The maximum atomic E-state index is 4.13. The van der Waals surface area contributed by atoms with Gasteiger partial charge in [-0.15, -0.1) is 0 Å². The molecule has 5 nitrogen and oxygen atoms in total. The van der Waals surface area contributed by atoms with E-state index >= 15 is 0 Å². The molecule has 2 aromatic heterocycles. The number of rotatable bonds is 3. The Balaban J connectivity index is 1.97. The van der Waals surface area contributed by atoms with Gasteiger partial charge in [-0.25, -0.2) is 4.98 Å². The van der Waals surface area contributed by atoms with Crippen LogP contribution in [0.15, 0.2) is 24.7 Å². The molecule has 2 rings (SSSR count). The van der Waals surface area contributed by atoms with E-state index in [-0.39, 0.29) is 0 Å². The molecule has 0 unspecified atom stereocenters. The Morgan fingerprint density at radius 3 is 3.08 bits per heavy atom. The molecule has 0 fully saturated rings. The summed E-state index contributed by atoms with van der Waals surface area (Å²) in [7, 11) is 1.95. The minimum absolute atomic E-state index is 0.713. The third-order valence-electron chi connectivity index (χ3n) is 1.82. The average Bonchev–Trinajstić information content (AvgIpc) is 2.72. The van der Waals surface area contributed by atoms with Crippen LogP contribution in [0.1, 0.15) is 5.69 Å². The van der Waals surface area contributed by atoms with Crippen molar-refractivity contribution >= 4 is 5.95 Å². The molecular formula is C8H11N5. The van der Waals surface area contributed by atoms with E-state index in [1.54, 1.807) is 12.4 Å². The van der Waals surface area contributed by atoms with Crippen molar-refractivity contribution < 1.29 is 0 Å². The maximum absolute atomic E-state index is 4.13. The topological polar surface area (TPSA) is 58.5 Å². The lowest BCUT2D eigenvalue weighted by atomic mass is 10.4.